The summed E-state index contributed by atoms with van der Waals surface area (Å²) >= 11 is 0. The third-order valence-corrected chi connectivity index (χ3v) is 2.67. The summed E-state index contributed by atoms with van der Waals surface area (Å²) in [6, 6.07) is 0. The van der Waals surface area contributed by atoms with Gasteiger partial charge < -0.3 is 20.2 Å². The number of ether oxygens (including phenoxy) is 2. The van der Waals surface area contributed by atoms with E-state index in [1.807, 2.05) is 0 Å². The van der Waals surface area contributed by atoms with Gasteiger partial charge in [-0.3, -0.25) is 0 Å². The van der Waals surface area contributed by atoms with Gasteiger partial charge in [0, 0.05) is 13.2 Å². The second-order valence-electron chi connectivity index (χ2n) is 3.76. The van der Waals surface area contributed by atoms with E-state index in [-0.39, 0.29) is 6.10 Å². The highest BCUT2D eigenvalue weighted by atomic mass is 16.5. The van der Waals surface area contributed by atoms with E-state index in [1.165, 1.54) is 6.33 Å². The second kappa shape index (κ2) is 5.65. The van der Waals surface area contributed by atoms with Crippen LogP contribution in [0, 0.1) is 0 Å². The molecule has 7 heteroatoms. The van der Waals surface area contributed by atoms with Crippen LogP contribution in [0.15, 0.2) is 6.33 Å². The summed E-state index contributed by atoms with van der Waals surface area (Å²) in [6.45, 7) is 1.54. The monoisotopic (exact) mass is 239 g/mol. The van der Waals surface area contributed by atoms with Crippen molar-refractivity contribution in [1.82, 2.24) is 9.97 Å². The summed E-state index contributed by atoms with van der Waals surface area (Å²) in [5, 5.41) is 3.18. The number of nitrogens with one attached hydrogen (secondary N) is 2. The first kappa shape index (κ1) is 11.9. The van der Waals surface area contributed by atoms with Gasteiger partial charge in [0.2, 0.25) is 5.75 Å². The number of hydrazine groups is 1. The number of nitrogens with two attached hydrogens (primary N) is 1. The Morgan fingerprint density at radius 2 is 2.35 bits per heavy atom. The lowest BCUT2D eigenvalue weighted by Crippen LogP contribution is -2.20. The van der Waals surface area contributed by atoms with Crippen molar-refractivity contribution in [1.29, 1.82) is 0 Å². The zero-order chi connectivity index (χ0) is 12.1. The molecule has 1 fully saturated rings. The van der Waals surface area contributed by atoms with Crippen LogP contribution in [0.5, 0.6) is 5.75 Å². The van der Waals surface area contributed by atoms with Gasteiger partial charge in [-0.15, -0.1) is 0 Å². The standard InChI is InChI=1S/C10H17N5O2/c1-16-8-9(13-6-14-10(8)15-11)12-5-7-3-2-4-17-7/h6-7H,2-5,11H2,1H3,(H2,12,13,14,15). The minimum absolute atomic E-state index is 0.240. The number of nitrogens with zero attached hydrogens (tertiary/aromatic N) is 2. The van der Waals surface area contributed by atoms with Crippen molar-refractivity contribution in [3.63, 3.8) is 0 Å². The fourth-order valence-corrected chi connectivity index (χ4v) is 1.81. The summed E-state index contributed by atoms with van der Waals surface area (Å²) in [6.07, 6.45) is 3.85. The van der Waals surface area contributed by atoms with Crippen LogP contribution in [0.1, 0.15) is 12.8 Å². The lowest BCUT2D eigenvalue weighted by molar-refractivity contribution is 0.120. The van der Waals surface area contributed by atoms with Gasteiger partial charge in [0.05, 0.1) is 13.2 Å². The lowest BCUT2D eigenvalue weighted by atomic mass is 10.2. The highest BCUT2D eigenvalue weighted by molar-refractivity contribution is 5.63. The quantitative estimate of drug-likeness (QED) is 0.504. The molecule has 0 aliphatic carbocycles. The molecule has 1 aliphatic rings. The number of hydrogen-bond acceptors (Lipinski definition) is 7. The Bertz CT molecular complexity index is 368. The van der Waals surface area contributed by atoms with E-state index in [4.69, 9.17) is 15.3 Å². The summed E-state index contributed by atoms with van der Waals surface area (Å²) in [7, 11) is 1.55. The first-order valence-electron chi connectivity index (χ1n) is 5.56. The molecule has 4 N–H and O–H groups in total. The van der Waals surface area contributed by atoms with Crippen LogP contribution in [0.25, 0.3) is 0 Å². The van der Waals surface area contributed by atoms with E-state index in [9.17, 15) is 0 Å². The Morgan fingerprint density at radius 1 is 1.53 bits per heavy atom. The number of methoxy groups -OCH3 is 1. The first-order chi connectivity index (χ1) is 8.35. The third-order valence-electron chi connectivity index (χ3n) is 2.67. The molecule has 0 amide bonds. The average Bonchev–Trinajstić information content (AvgIpc) is 2.88. The summed E-state index contributed by atoms with van der Waals surface area (Å²) < 4.78 is 10.7. The smallest absolute Gasteiger partial charge is 0.205 e. The maximum absolute atomic E-state index is 5.52. The largest absolute Gasteiger partial charge is 0.490 e. The Balaban J connectivity index is 2.03. The van der Waals surface area contributed by atoms with Crippen LogP contribution >= 0.6 is 0 Å². The topological polar surface area (TPSA) is 94.3 Å². The number of hydrogen-bond donors (Lipinski definition) is 3. The molecule has 1 unspecified atom stereocenters. The Labute approximate surface area is 99.7 Å². The van der Waals surface area contributed by atoms with Crippen molar-refractivity contribution >= 4 is 11.6 Å². The molecule has 0 saturated carbocycles. The van der Waals surface area contributed by atoms with Crippen LogP contribution < -0.4 is 21.3 Å². The van der Waals surface area contributed by atoms with Crippen LogP contribution in [0.3, 0.4) is 0 Å². The van der Waals surface area contributed by atoms with Crippen LogP contribution in [-0.4, -0.2) is 36.3 Å². The molecule has 1 atom stereocenters. The zero-order valence-electron chi connectivity index (χ0n) is 9.77. The molecule has 94 valence electrons. The van der Waals surface area contributed by atoms with Gasteiger partial charge in [0.15, 0.2) is 11.6 Å². The van der Waals surface area contributed by atoms with E-state index in [1.54, 1.807) is 7.11 Å². The Kier molecular flexibility index (Phi) is 3.94. The zero-order valence-corrected chi connectivity index (χ0v) is 9.77. The first-order valence-corrected chi connectivity index (χ1v) is 5.56. The van der Waals surface area contributed by atoms with Crippen LogP contribution in [-0.2, 0) is 4.74 Å². The molecule has 17 heavy (non-hydrogen) atoms. The third kappa shape index (κ3) is 2.75. The molecule has 1 aromatic heterocycles. The van der Waals surface area contributed by atoms with E-state index >= 15 is 0 Å². The van der Waals surface area contributed by atoms with E-state index in [0.29, 0.717) is 23.9 Å². The van der Waals surface area contributed by atoms with Crippen molar-refractivity contribution < 1.29 is 9.47 Å². The van der Waals surface area contributed by atoms with Crippen molar-refractivity contribution in [2.75, 3.05) is 31.0 Å². The minimum Gasteiger partial charge on any atom is -0.490 e. The van der Waals surface area contributed by atoms with Gasteiger partial charge >= 0.3 is 0 Å². The highest BCUT2D eigenvalue weighted by Gasteiger charge is 2.17. The minimum atomic E-state index is 0.240. The summed E-state index contributed by atoms with van der Waals surface area (Å²) in [5.41, 5.74) is 2.47. The van der Waals surface area contributed by atoms with Gasteiger partial charge in [-0.2, -0.15) is 0 Å². The van der Waals surface area contributed by atoms with Gasteiger partial charge in [-0.1, -0.05) is 0 Å². The van der Waals surface area contributed by atoms with E-state index in [0.717, 1.165) is 19.4 Å². The van der Waals surface area contributed by atoms with Crippen molar-refractivity contribution in [2.24, 2.45) is 5.84 Å². The van der Waals surface area contributed by atoms with Crippen molar-refractivity contribution in [3.05, 3.63) is 6.33 Å². The predicted molar refractivity (Wildman–Crippen MR) is 63.9 cm³/mol. The van der Waals surface area contributed by atoms with Crippen LogP contribution in [0.4, 0.5) is 11.6 Å². The molecule has 2 rings (SSSR count). The second-order valence-corrected chi connectivity index (χ2v) is 3.76. The molecule has 2 heterocycles. The molecule has 0 radical (unpaired) electrons. The lowest BCUT2D eigenvalue weighted by Gasteiger charge is -2.14. The Morgan fingerprint density at radius 3 is 3.00 bits per heavy atom. The molecule has 1 aromatic rings. The van der Waals surface area contributed by atoms with Gasteiger partial charge in [-0.25, -0.2) is 15.8 Å². The molecule has 1 saturated heterocycles. The van der Waals surface area contributed by atoms with Crippen molar-refractivity contribution in [2.45, 2.75) is 18.9 Å². The number of rotatable bonds is 5. The SMILES string of the molecule is COc1c(NN)ncnc1NCC1CCCO1. The molecule has 0 spiro atoms. The molecular formula is C10H17N5O2. The Hall–Kier alpha value is -1.60. The normalized spacial score (nSPS) is 19.1. The molecule has 0 bridgehead atoms. The average molecular weight is 239 g/mol. The van der Waals surface area contributed by atoms with E-state index < -0.39 is 0 Å². The molecule has 7 nitrogen and oxygen atoms in total. The highest BCUT2D eigenvalue weighted by Crippen LogP contribution is 2.28. The molecule has 1 aliphatic heterocycles. The predicted octanol–water partition coefficient (Wildman–Crippen LogP) is 0.362. The van der Waals surface area contributed by atoms with Gasteiger partial charge in [0.1, 0.15) is 6.33 Å². The molecule has 0 aromatic carbocycles. The molecular weight excluding hydrogens is 222 g/mol. The summed E-state index contributed by atoms with van der Waals surface area (Å²) in [4.78, 5) is 8.09. The van der Waals surface area contributed by atoms with Gasteiger partial charge in [0.25, 0.3) is 0 Å². The summed E-state index contributed by atoms with van der Waals surface area (Å²) in [5.74, 6) is 6.92. The number of nitrogen functional groups attached to an aromatic ring is 1. The van der Waals surface area contributed by atoms with E-state index in [2.05, 4.69) is 20.7 Å². The fraction of sp³-hybridized carbons (Fsp3) is 0.600. The fourth-order valence-electron chi connectivity index (χ4n) is 1.81. The van der Waals surface area contributed by atoms with Crippen LogP contribution in [0.2, 0.25) is 0 Å². The maximum atomic E-state index is 5.52. The maximum Gasteiger partial charge on any atom is 0.205 e. The van der Waals surface area contributed by atoms with Crippen molar-refractivity contribution in [3.8, 4) is 5.75 Å². The van der Waals surface area contributed by atoms with Gasteiger partial charge in [-0.05, 0) is 12.8 Å². The number of aromatic nitrogens is 2. The number of anilines is 2.